The molecule has 1 heterocycles. The average molecular weight is 359 g/mol. The molecule has 0 aliphatic carbocycles. The highest BCUT2D eigenvalue weighted by molar-refractivity contribution is 7.89. The van der Waals surface area contributed by atoms with Crippen molar-refractivity contribution in [3.8, 4) is 0 Å². The summed E-state index contributed by atoms with van der Waals surface area (Å²) in [7, 11) is -3.75. The van der Waals surface area contributed by atoms with Gasteiger partial charge >= 0.3 is 0 Å². The van der Waals surface area contributed by atoms with Gasteiger partial charge in [0.15, 0.2) is 0 Å². The van der Waals surface area contributed by atoms with Crippen molar-refractivity contribution >= 4 is 27.5 Å². The third-order valence-electron chi connectivity index (χ3n) is 3.84. The van der Waals surface area contributed by atoms with Crippen molar-refractivity contribution in [3.63, 3.8) is 0 Å². The lowest BCUT2D eigenvalue weighted by Crippen LogP contribution is -2.48. The monoisotopic (exact) mass is 358 g/mol. The molecule has 1 N–H and O–H groups in total. The summed E-state index contributed by atoms with van der Waals surface area (Å²) in [4.78, 5) is 14.5. The molecule has 2 rings (SSSR count). The van der Waals surface area contributed by atoms with Gasteiger partial charge in [0.25, 0.3) is 0 Å². The first-order chi connectivity index (χ1) is 10.8. The van der Waals surface area contributed by atoms with Crippen molar-refractivity contribution in [2.24, 2.45) is 5.92 Å². The van der Waals surface area contributed by atoms with Crippen molar-refractivity contribution < 1.29 is 13.2 Å². The second kappa shape index (κ2) is 7.64. The van der Waals surface area contributed by atoms with Gasteiger partial charge in [-0.1, -0.05) is 25.4 Å². The summed E-state index contributed by atoms with van der Waals surface area (Å²) >= 11 is 5.80. The summed E-state index contributed by atoms with van der Waals surface area (Å²) in [5, 5.41) is 0.468. The fourth-order valence-electron chi connectivity index (χ4n) is 2.70. The Balaban J connectivity index is 2.18. The first-order valence-electron chi connectivity index (χ1n) is 7.86. The SMILES string of the molecule is CC(C)C[C@H](NS(=O)(=O)c1ccc(Cl)cc1)C(=O)N1CCCC1. The maximum atomic E-state index is 12.6. The van der Waals surface area contributed by atoms with Crippen LogP contribution in [-0.4, -0.2) is 38.4 Å². The molecule has 128 valence electrons. The van der Waals surface area contributed by atoms with E-state index >= 15 is 0 Å². The van der Waals surface area contributed by atoms with Gasteiger partial charge in [0, 0.05) is 18.1 Å². The van der Waals surface area contributed by atoms with Crippen LogP contribution in [-0.2, 0) is 14.8 Å². The number of benzene rings is 1. The number of nitrogens with zero attached hydrogens (tertiary/aromatic N) is 1. The van der Waals surface area contributed by atoms with Crippen LogP contribution in [0, 0.1) is 5.92 Å². The molecule has 1 amide bonds. The predicted octanol–water partition coefficient (Wildman–Crippen LogP) is 2.66. The van der Waals surface area contributed by atoms with E-state index in [0.29, 0.717) is 24.5 Å². The molecular formula is C16H23ClN2O3S. The number of likely N-dealkylation sites (tertiary alicyclic amines) is 1. The predicted molar refractivity (Wildman–Crippen MR) is 90.8 cm³/mol. The third kappa shape index (κ3) is 4.93. The molecule has 0 aromatic heterocycles. The smallest absolute Gasteiger partial charge is 0.241 e. The first kappa shape index (κ1) is 18.2. The zero-order valence-electron chi connectivity index (χ0n) is 13.5. The van der Waals surface area contributed by atoms with Gasteiger partial charge in [-0.3, -0.25) is 4.79 Å². The molecule has 0 saturated carbocycles. The summed E-state index contributed by atoms with van der Waals surface area (Å²) in [6.45, 7) is 5.36. The second-order valence-electron chi connectivity index (χ2n) is 6.29. The van der Waals surface area contributed by atoms with Crippen LogP contribution in [0.5, 0.6) is 0 Å². The van der Waals surface area contributed by atoms with Gasteiger partial charge in [0.2, 0.25) is 15.9 Å². The van der Waals surface area contributed by atoms with E-state index in [-0.39, 0.29) is 16.7 Å². The third-order valence-corrected chi connectivity index (χ3v) is 5.58. The zero-order chi connectivity index (χ0) is 17.0. The number of hydrogen-bond acceptors (Lipinski definition) is 3. The summed E-state index contributed by atoms with van der Waals surface area (Å²) in [5.74, 6) is 0.0770. The molecule has 23 heavy (non-hydrogen) atoms. The van der Waals surface area contributed by atoms with Crippen molar-refractivity contribution in [1.82, 2.24) is 9.62 Å². The molecule has 0 radical (unpaired) electrons. The molecule has 0 bridgehead atoms. The summed E-state index contributed by atoms with van der Waals surface area (Å²) in [5.41, 5.74) is 0. The van der Waals surface area contributed by atoms with Crippen LogP contribution >= 0.6 is 11.6 Å². The summed E-state index contributed by atoms with van der Waals surface area (Å²) < 4.78 is 27.6. The van der Waals surface area contributed by atoms with E-state index in [1.54, 1.807) is 4.90 Å². The van der Waals surface area contributed by atoms with Crippen LogP contribution in [0.25, 0.3) is 0 Å². The molecule has 1 atom stereocenters. The maximum absolute atomic E-state index is 12.6. The lowest BCUT2D eigenvalue weighted by atomic mass is 10.0. The number of carbonyl (C=O) groups is 1. The zero-order valence-corrected chi connectivity index (χ0v) is 15.0. The van der Waals surface area contributed by atoms with E-state index in [9.17, 15) is 13.2 Å². The second-order valence-corrected chi connectivity index (χ2v) is 8.44. The summed E-state index contributed by atoms with van der Waals surface area (Å²) in [6, 6.07) is 5.20. The minimum absolute atomic E-state index is 0.116. The van der Waals surface area contributed by atoms with Gasteiger partial charge in [-0.15, -0.1) is 0 Å². The van der Waals surface area contributed by atoms with Crippen molar-refractivity contribution in [2.75, 3.05) is 13.1 Å². The van der Waals surface area contributed by atoms with Gasteiger partial charge in [-0.25, -0.2) is 8.42 Å². The Morgan fingerprint density at radius 1 is 1.22 bits per heavy atom. The van der Waals surface area contributed by atoms with Gasteiger partial charge in [0.05, 0.1) is 4.90 Å². The van der Waals surface area contributed by atoms with Crippen LogP contribution < -0.4 is 4.72 Å². The Kier molecular flexibility index (Phi) is 6.06. The van der Waals surface area contributed by atoms with E-state index in [1.165, 1.54) is 24.3 Å². The van der Waals surface area contributed by atoms with Crippen LogP contribution in [0.4, 0.5) is 0 Å². The Morgan fingerprint density at radius 3 is 2.30 bits per heavy atom. The van der Waals surface area contributed by atoms with Crippen LogP contribution in [0.15, 0.2) is 29.2 Å². The molecule has 5 nitrogen and oxygen atoms in total. The molecule has 7 heteroatoms. The number of sulfonamides is 1. The van der Waals surface area contributed by atoms with E-state index in [1.807, 2.05) is 13.8 Å². The molecule has 1 fully saturated rings. The standard InChI is InChI=1S/C16H23ClN2O3S/c1-12(2)11-15(16(20)19-9-3-4-10-19)18-23(21,22)14-7-5-13(17)6-8-14/h5-8,12,15,18H,3-4,9-11H2,1-2H3/t15-/m0/s1. The lowest BCUT2D eigenvalue weighted by molar-refractivity contribution is -0.132. The molecular weight excluding hydrogens is 336 g/mol. The van der Waals surface area contributed by atoms with E-state index in [4.69, 9.17) is 11.6 Å². The Labute approximate surface area is 143 Å². The molecule has 1 saturated heterocycles. The Hall–Kier alpha value is -1.11. The average Bonchev–Trinajstić information content (AvgIpc) is 2.99. The normalized spacial score (nSPS) is 16.8. The minimum Gasteiger partial charge on any atom is -0.341 e. The van der Waals surface area contributed by atoms with Crippen LogP contribution in [0.2, 0.25) is 5.02 Å². The first-order valence-corrected chi connectivity index (χ1v) is 9.72. The van der Waals surface area contributed by atoms with Gasteiger partial charge in [0.1, 0.15) is 6.04 Å². The molecule has 0 spiro atoms. The number of hydrogen-bond donors (Lipinski definition) is 1. The van der Waals surface area contributed by atoms with Gasteiger partial charge in [-0.2, -0.15) is 4.72 Å². The Morgan fingerprint density at radius 2 is 1.78 bits per heavy atom. The van der Waals surface area contributed by atoms with Gasteiger partial charge < -0.3 is 4.90 Å². The van der Waals surface area contributed by atoms with Crippen LogP contribution in [0.3, 0.4) is 0 Å². The Bertz CT molecular complexity index is 638. The number of amides is 1. The molecule has 1 aromatic rings. The lowest BCUT2D eigenvalue weighted by Gasteiger charge is -2.25. The van der Waals surface area contributed by atoms with E-state index in [2.05, 4.69) is 4.72 Å². The topological polar surface area (TPSA) is 66.5 Å². The maximum Gasteiger partial charge on any atom is 0.241 e. The van der Waals surface area contributed by atoms with E-state index in [0.717, 1.165) is 12.8 Å². The highest BCUT2D eigenvalue weighted by atomic mass is 35.5. The highest BCUT2D eigenvalue weighted by Crippen LogP contribution is 2.18. The minimum atomic E-state index is -3.75. The molecule has 1 aliphatic heterocycles. The molecule has 0 unspecified atom stereocenters. The quantitative estimate of drug-likeness (QED) is 0.850. The van der Waals surface area contributed by atoms with Crippen molar-refractivity contribution in [1.29, 1.82) is 0 Å². The number of nitrogens with one attached hydrogen (secondary N) is 1. The van der Waals surface area contributed by atoms with Gasteiger partial charge in [-0.05, 0) is 49.4 Å². The fourth-order valence-corrected chi connectivity index (χ4v) is 4.03. The largest absolute Gasteiger partial charge is 0.341 e. The number of carbonyl (C=O) groups excluding carboxylic acids is 1. The van der Waals surface area contributed by atoms with E-state index < -0.39 is 16.1 Å². The van der Waals surface area contributed by atoms with Crippen molar-refractivity contribution in [2.45, 2.75) is 44.0 Å². The number of rotatable bonds is 6. The highest BCUT2D eigenvalue weighted by Gasteiger charge is 2.31. The summed E-state index contributed by atoms with van der Waals surface area (Å²) in [6.07, 6.45) is 2.43. The molecule has 1 aliphatic rings. The molecule has 1 aromatic carbocycles. The number of halogens is 1. The van der Waals surface area contributed by atoms with Crippen LogP contribution in [0.1, 0.15) is 33.1 Å². The van der Waals surface area contributed by atoms with Crippen molar-refractivity contribution in [3.05, 3.63) is 29.3 Å². The fraction of sp³-hybridized carbons (Fsp3) is 0.562.